The predicted octanol–water partition coefficient (Wildman–Crippen LogP) is 6.00. The van der Waals surface area contributed by atoms with Gasteiger partial charge in [0.25, 0.3) is 0 Å². The van der Waals surface area contributed by atoms with Crippen molar-refractivity contribution in [2.45, 2.75) is 18.7 Å². The van der Waals surface area contributed by atoms with E-state index >= 15 is 4.79 Å². The molecule has 1 aliphatic rings. The summed E-state index contributed by atoms with van der Waals surface area (Å²) >= 11 is 0. The first kappa shape index (κ1) is 32.6. The second-order valence-electron chi connectivity index (χ2n) is 10.7. The molecule has 0 radical (unpaired) electrons. The van der Waals surface area contributed by atoms with E-state index in [1.165, 1.54) is 28.4 Å². The molecular weight excluding hydrogens is 598 g/mol. The molecule has 47 heavy (non-hydrogen) atoms. The summed E-state index contributed by atoms with van der Waals surface area (Å²) in [4.78, 5) is 44.5. The van der Waals surface area contributed by atoms with Crippen molar-refractivity contribution in [2.24, 2.45) is 0 Å². The van der Waals surface area contributed by atoms with Gasteiger partial charge in [0.1, 0.15) is 22.8 Å². The Hall–Kier alpha value is -5.83. The number of benzene rings is 4. The van der Waals surface area contributed by atoms with E-state index < -0.39 is 28.9 Å². The second kappa shape index (κ2) is 14.5. The maximum Gasteiger partial charge on any atom is 0.345 e. The Bertz CT molecular complexity index is 1740. The van der Waals surface area contributed by atoms with Gasteiger partial charge in [0.2, 0.25) is 11.4 Å². The van der Waals surface area contributed by atoms with Crippen molar-refractivity contribution in [1.29, 1.82) is 0 Å². The molecule has 9 nitrogen and oxygen atoms in total. The van der Waals surface area contributed by atoms with Gasteiger partial charge in [-0.1, -0.05) is 78.9 Å². The molecule has 0 fully saturated rings. The smallest absolute Gasteiger partial charge is 0.345 e. The Labute approximate surface area is 273 Å². The Balaban J connectivity index is 1.86. The van der Waals surface area contributed by atoms with Crippen LogP contribution in [0.15, 0.2) is 132 Å². The highest BCUT2D eigenvalue weighted by Gasteiger charge is 2.56. The molecule has 4 aromatic rings. The zero-order chi connectivity index (χ0) is 33.4. The first-order valence-corrected chi connectivity index (χ1v) is 14.8. The highest BCUT2D eigenvalue weighted by Crippen LogP contribution is 2.47. The highest BCUT2D eigenvalue weighted by atomic mass is 16.6. The maximum atomic E-state index is 15.1. The molecule has 0 saturated heterocycles. The number of carbonyl (C=O) groups is 3. The molecule has 0 saturated carbocycles. The van der Waals surface area contributed by atoms with E-state index in [-0.39, 0.29) is 22.6 Å². The van der Waals surface area contributed by atoms with E-state index in [2.05, 4.69) is 0 Å². The van der Waals surface area contributed by atoms with Crippen LogP contribution in [0.2, 0.25) is 0 Å². The molecular formula is C38H35NO8. The van der Waals surface area contributed by atoms with Crippen molar-refractivity contribution in [3.8, 4) is 11.5 Å². The minimum atomic E-state index is -2.23. The number of allylic oxidation sites excluding steroid dienone is 1. The topological polar surface area (TPSA) is 101 Å². The SMILES string of the molecule is COC(=O)C1=C(OC)C=C(N(Cc2ccccc2)Cc2ccccc2)C(OC(=O)c2ccccc2)(c2cc(OC)cc(OC)c2)C1=O. The Morgan fingerprint density at radius 3 is 1.64 bits per heavy atom. The van der Waals surface area contributed by atoms with Gasteiger partial charge in [-0.05, 0) is 35.4 Å². The first-order valence-electron chi connectivity index (χ1n) is 14.8. The number of hydrogen-bond donors (Lipinski definition) is 0. The molecule has 0 aromatic heterocycles. The van der Waals surface area contributed by atoms with Gasteiger partial charge < -0.3 is 28.6 Å². The first-order chi connectivity index (χ1) is 22.8. The summed E-state index contributed by atoms with van der Waals surface area (Å²) in [5.41, 5.74) is -0.163. The Morgan fingerprint density at radius 1 is 0.660 bits per heavy atom. The largest absolute Gasteiger partial charge is 0.497 e. The molecule has 1 unspecified atom stereocenters. The van der Waals surface area contributed by atoms with Crippen molar-refractivity contribution in [2.75, 3.05) is 28.4 Å². The quantitative estimate of drug-likeness (QED) is 0.137. The maximum absolute atomic E-state index is 15.1. The number of ether oxygens (including phenoxy) is 5. The van der Waals surface area contributed by atoms with Crippen LogP contribution in [0.25, 0.3) is 0 Å². The minimum Gasteiger partial charge on any atom is -0.497 e. The van der Waals surface area contributed by atoms with Crippen LogP contribution in [0.4, 0.5) is 0 Å². The number of nitrogens with zero attached hydrogens (tertiary/aromatic N) is 1. The van der Waals surface area contributed by atoms with Gasteiger partial charge in [0.15, 0.2) is 0 Å². The van der Waals surface area contributed by atoms with E-state index in [0.717, 1.165) is 11.1 Å². The molecule has 1 aliphatic carbocycles. The zero-order valence-corrected chi connectivity index (χ0v) is 26.6. The van der Waals surface area contributed by atoms with Gasteiger partial charge in [-0.15, -0.1) is 0 Å². The summed E-state index contributed by atoms with van der Waals surface area (Å²) in [5, 5.41) is 0. The molecule has 0 bridgehead atoms. The van der Waals surface area contributed by atoms with Crippen molar-refractivity contribution in [3.63, 3.8) is 0 Å². The van der Waals surface area contributed by atoms with Gasteiger partial charge in [-0.2, -0.15) is 0 Å². The molecule has 0 heterocycles. The van der Waals surface area contributed by atoms with Gasteiger partial charge in [0, 0.05) is 30.8 Å². The third-order valence-corrected chi connectivity index (χ3v) is 7.82. The van der Waals surface area contributed by atoms with Gasteiger partial charge in [-0.3, -0.25) is 4.79 Å². The lowest BCUT2D eigenvalue weighted by Gasteiger charge is -2.43. The van der Waals surface area contributed by atoms with E-state index in [0.29, 0.717) is 24.6 Å². The van der Waals surface area contributed by atoms with E-state index in [1.807, 2.05) is 65.6 Å². The number of esters is 2. The third kappa shape index (κ3) is 6.74. The molecule has 0 spiro atoms. The molecule has 4 aromatic carbocycles. The van der Waals surface area contributed by atoms with Crippen molar-refractivity contribution in [1.82, 2.24) is 4.90 Å². The van der Waals surface area contributed by atoms with Crippen molar-refractivity contribution in [3.05, 3.63) is 155 Å². The summed E-state index contributed by atoms with van der Waals surface area (Å²) < 4.78 is 28.3. The van der Waals surface area contributed by atoms with E-state index in [1.54, 1.807) is 54.6 Å². The number of hydrogen-bond acceptors (Lipinski definition) is 9. The second-order valence-corrected chi connectivity index (χ2v) is 10.7. The Morgan fingerprint density at radius 2 is 1.17 bits per heavy atom. The molecule has 5 rings (SSSR count). The number of carbonyl (C=O) groups excluding carboxylic acids is 3. The summed E-state index contributed by atoms with van der Waals surface area (Å²) in [6.07, 6.45) is 1.56. The lowest BCUT2D eigenvalue weighted by Crippen LogP contribution is -2.51. The van der Waals surface area contributed by atoms with Crippen molar-refractivity contribution >= 4 is 17.7 Å². The van der Waals surface area contributed by atoms with Gasteiger partial charge in [-0.25, -0.2) is 9.59 Å². The monoisotopic (exact) mass is 633 g/mol. The number of Topliss-reactive ketones (excluding diaryl/α,β-unsaturated/α-hetero) is 1. The summed E-state index contributed by atoms with van der Waals surface area (Å²) in [5.74, 6) is -1.97. The van der Waals surface area contributed by atoms with Crippen LogP contribution in [0, 0.1) is 0 Å². The fourth-order valence-electron chi connectivity index (χ4n) is 5.53. The van der Waals surface area contributed by atoms with Crippen LogP contribution in [-0.4, -0.2) is 51.1 Å². The molecule has 1 atom stereocenters. The van der Waals surface area contributed by atoms with Crippen LogP contribution in [-0.2, 0) is 42.5 Å². The standard InChI is InChI=1S/C38H35NO8/c1-43-30-20-29(21-31(22-30)44-2)38(47-36(41)28-18-12-7-13-19-28)33(23-32(45-3)34(35(38)40)37(42)46-4)39(24-26-14-8-5-9-15-26)25-27-16-10-6-11-17-27/h5-23H,24-25H2,1-4H3. The molecule has 240 valence electrons. The lowest BCUT2D eigenvalue weighted by molar-refractivity contribution is -0.143. The van der Waals surface area contributed by atoms with Crippen molar-refractivity contribution < 1.29 is 38.1 Å². The summed E-state index contributed by atoms with van der Waals surface area (Å²) in [7, 11) is 5.47. The fourth-order valence-corrected chi connectivity index (χ4v) is 5.53. The van der Waals surface area contributed by atoms with E-state index in [9.17, 15) is 9.59 Å². The molecule has 0 aliphatic heterocycles. The number of ketones is 1. The minimum absolute atomic E-state index is 0.0378. The Kier molecular flexibility index (Phi) is 10.1. The lowest BCUT2D eigenvalue weighted by atomic mass is 9.77. The van der Waals surface area contributed by atoms with Gasteiger partial charge >= 0.3 is 11.9 Å². The molecule has 0 amide bonds. The number of rotatable bonds is 12. The molecule has 0 N–H and O–H groups in total. The zero-order valence-electron chi connectivity index (χ0n) is 26.6. The van der Waals surface area contributed by atoms with Crippen LogP contribution in [0.1, 0.15) is 27.0 Å². The van der Waals surface area contributed by atoms with Crippen LogP contribution < -0.4 is 9.47 Å². The number of methoxy groups -OCH3 is 4. The fraction of sp³-hybridized carbons (Fsp3) is 0.184. The highest BCUT2D eigenvalue weighted by molar-refractivity contribution is 6.23. The van der Waals surface area contributed by atoms with Gasteiger partial charge in [0.05, 0.1) is 39.7 Å². The summed E-state index contributed by atoms with van der Waals surface area (Å²) in [6, 6.07) is 32.5. The summed E-state index contributed by atoms with van der Waals surface area (Å²) in [6.45, 7) is 0.594. The third-order valence-electron chi connectivity index (χ3n) is 7.82. The van der Waals surface area contributed by atoms with E-state index in [4.69, 9.17) is 23.7 Å². The van der Waals surface area contributed by atoms with Crippen LogP contribution >= 0.6 is 0 Å². The normalized spacial score (nSPS) is 15.7. The van der Waals surface area contributed by atoms with Crippen LogP contribution in [0.3, 0.4) is 0 Å². The predicted molar refractivity (Wildman–Crippen MR) is 174 cm³/mol. The average Bonchev–Trinajstić information content (AvgIpc) is 3.12. The average molecular weight is 634 g/mol. The molecule has 9 heteroatoms. The van der Waals surface area contributed by atoms with Crippen LogP contribution in [0.5, 0.6) is 11.5 Å².